The van der Waals surface area contributed by atoms with Gasteiger partial charge in [-0.3, -0.25) is 0 Å². The largest absolute Gasteiger partial charge is 0.417 e. The summed E-state index contributed by atoms with van der Waals surface area (Å²) in [7, 11) is 0. The van der Waals surface area contributed by atoms with Crippen molar-refractivity contribution in [2.24, 2.45) is 0 Å². The van der Waals surface area contributed by atoms with Gasteiger partial charge in [0.25, 0.3) is 0 Å². The van der Waals surface area contributed by atoms with Gasteiger partial charge in [-0.25, -0.2) is 4.79 Å². The third-order valence-corrected chi connectivity index (χ3v) is 3.62. The Kier molecular flexibility index (Phi) is 4.85. The van der Waals surface area contributed by atoms with Crippen LogP contribution in [0.15, 0.2) is 36.4 Å². The van der Waals surface area contributed by atoms with Gasteiger partial charge < -0.3 is 10.6 Å². The summed E-state index contributed by atoms with van der Waals surface area (Å²) in [6, 6.07) is 7.89. The summed E-state index contributed by atoms with van der Waals surface area (Å²) in [5.74, 6) is 0. The molecule has 122 valence electrons. The standard InChI is InChI=1S/C16H14ClF3N2O/c1-9-3-4-11(7-10(9)2)21-15(23)22-12-5-6-14(17)13(8-12)16(18,19)20/h3-8H,1-2H3,(H2,21,22,23). The predicted octanol–water partition coefficient (Wildman–Crippen LogP) is 5.62. The maximum absolute atomic E-state index is 12.8. The van der Waals surface area contributed by atoms with Crippen LogP contribution in [0.2, 0.25) is 5.02 Å². The number of hydrogen-bond acceptors (Lipinski definition) is 1. The molecule has 0 bridgehead atoms. The van der Waals surface area contributed by atoms with Crippen molar-refractivity contribution < 1.29 is 18.0 Å². The highest BCUT2D eigenvalue weighted by Gasteiger charge is 2.33. The van der Waals surface area contributed by atoms with Gasteiger partial charge in [0, 0.05) is 11.4 Å². The highest BCUT2D eigenvalue weighted by molar-refractivity contribution is 6.31. The van der Waals surface area contributed by atoms with Crippen molar-refractivity contribution in [1.29, 1.82) is 0 Å². The molecule has 2 N–H and O–H groups in total. The molecule has 0 heterocycles. The van der Waals surface area contributed by atoms with E-state index in [1.807, 2.05) is 19.9 Å². The van der Waals surface area contributed by atoms with Gasteiger partial charge in [-0.1, -0.05) is 17.7 Å². The molecule has 3 nitrogen and oxygen atoms in total. The van der Waals surface area contributed by atoms with Crippen molar-refractivity contribution in [1.82, 2.24) is 0 Å². The molecular formula is C16H14ClF3N2O. The maximum atomic E-state index is 12.8. The fraction of sp³-hybridized carbons (Fsp3) is 0.188. The molecule has 2 aromatic rings. The lowest BCUT2D eigenvalue weighted by molar-refractivity contribution is -0.137. The second-order valence-electron chi connectivity index (χ2n) is 5.07. The van der Waals surface area contributed by atoms with Crippen LogP contribution in [-0.4, -0.2) is 6.03 Å². The molecule has 0 unspecified atom stereocenters. The number of amides is 2. The zero-order valence-corrected chi connectivity index (χ0v) is 13.1. The van der Waals surface area contributed by atoms with Crippen LogP contribution in [0.1, 0.15) is 16.7 Å². The van der Waals surface area contributed by atoms with E-state index < -0.39 is 22.8 Å². The fourth-order valence-corrected chi connectivity index (χ4v) is 2.16. The smallest absolute Gasteiger partial charge is 0.308 e. The zero-order valence-electron chi connectivity index (χ0n) is 12.4. The Morgan fingerprint density at radius 2 is 1.52 bits per heavy atom. The lowest BCUT2D eigenvalue weighted by atomic mass is 10.1. The Labute approximate surface area is 136 Å². The quantitative estimate of drug-likeness (QED) is 0.730. The van der Waals surface area contributed by atoms with Crippen molar-refractivity contribution in [2.75, 3.05) is 10.6 Å². The minimum Gasteiger partial charge on any atom is -0.308 e. The molecule has 0 fully saturated rings. The van der Waals surface area contributed by atoms with E-state index in [1.54, 1.807) is 12.1 Å². The van der Waals surface area contributed by atoms with Crippen molar-refractivity contribution in [3.05, 3.63) is 58.1 Å². The van der Waals surface area contributed by atoms with E-state index in [0.29, 0.717) is 5.69 Å². The summed E-state index contributed by atoms with van der Waals surface area (Å²) in [5, 5.41) is 4.50. The molecule has 0 saturated heterocycles. The van der Waals surface area contributed by atoms with E-state index in [0.717, 1.165) is 23.3 Å². The third-order valence-electron chi connectivity index (χ3n) is 3.29. The second-order valence-corrected chi connectivity index (χ2v) is 5.48. The molecule has 7 heteroatoms. The molecule has 0 radical (unpaired) electrons. The van der Waals surface area contributed by atoms with Crippen molar-refractivity contribution >= 4 is 29.0 Å². The summed E-state index contributed by atoms with van der Waals surface area (Å²) >= 11 is 5.53. The first-order valence-electron chi connectivity index (χ1n) is 6.69. The molecule has 2 amide bonds. The monoisotopic (exact) mass is 342 g/mol. The van der Waals surface area contributed by atoms with Crippen LogP contribution >= 0.6 is 11.6 Å². The summed E-state index contributed by atoms with van der Waals surface area (Å²) in [6.45, 7) is 3.83. The Balaban J connectivity index is 2.12. The van der Waals surface area contributed by atoms with Crippen LogP contribution < -0.4 is 10.6 Å². The first-order valence-corrected chi connectivity index (χ1v) is 7.06. The van der Waals surface area contributed by atoms with Gasteiger partial charge in [0.15, 0.2) is 0 Å². The van der Waals surface area contributed by atoms with E-state index in [9.17, 15) is 18.0 Å². The number of nitrogens with one attached hydrogen (secondary N) is 2. The van der Waals surface area contributed by atoms with Gasteiger partial charge in [-0.2, -0.15) is 13.2 Å². The molecule has 0 spiro atoms. The van der Waals surface area contributed by atoms with E-state index in [1.165, 1.54) is 6.07 Å². The Morgan fingerprint density at radius 1 is 0.957 bits per heavy atom. The molecule has 0 aliphatic heterocycles. The van der Waals surface area contributed by atoms with Crippen LogP contribution in [0.25, 0.3) is 0 Å². The molecule has 0 aromatic heterocycles. The number of rotatable bonds is 2. The zero-order chi connectivity index (χ0) is 17.2. The molecule has 2 rings (SSSR count). The van der Waals surface area contributed by atoms with Crippen LogP contribution in [-0.2, 0) is 6.18 Å². The Morgan fingerprint density at radius 3 is 2.09 bits per heavy atom. The third kappa shape index (κ3) is 4.39. The van der Waals surface area contributed by atoms with Gasteiger partial charge in [0.1, 0.15) is 0 Å². The first-order chi connectivity index (χ1) is 10.7. The summed E-state index contributed by atoms with van der Waals surface area (Å²) in [4.78, 5) is 11.9. The van der Waals surface area contributed by atoms with Crippen LogP contribution in [0.3, 0.4) is 0 Å². The second kappa shape index (κ2) is 6.50. The Bertz CT molecular complexity index is 745. The number of halogens is 4. The van der Waals surface area contributed by atoms with Crippen LogP contribution in [0.4, 0.5) is 29.3 Å². The normalized spacial score (nSPS) is 11.2. The molecule has 0 aliphatic rings. The minimum atomic E-state index is -4.58. The number of carbonyl (C=O) groups is 1. The molecule has 0 atom stereocenters. The minimum absolute atomic E-state index is 0.00283. The number of anilines is 2. The van der Waals surface area contributed by atoms with Gasteiger partial charge >= 0.3 is 12.2 Å². The van der Waals surface area contributed by atoms with E-state index >= 15 is 0 Å². The molecule has 2 aromatic carbocycles. The maximum Gasteiger partial charge on any atom is 0.417 e. The fourth-order valence-electron chi connectivity index (χ4n) is 1.93. The Hall–Kier alpha value is -2.21. The lowest BCUT2D eigenvalue weighted by Gasteiger charge is -2.12. The van der Waals surface area contributed by atoms with Gasteiger partial charge in [-0.05, 0) is 55.3 Å². The van der Waals surface area contributed by atoms with Gasteiger partial charge in [0.05, 0.1) is 10.6 Å². The number of hydrogen-bond donors (Lipinski definition) is 2. The summed E-state index contributed by atoms with van der Waals surface area (Å²) in [5.41, 5.74) is 1.62. The number of aryl methyl sites for hydroxylation is 2. The SMILES string of the molecule is Cc1ccc(NC(=O)Nc2ccc(Cl)c(C(F)(F)F)c2)cc1C. The van der Waals surface area contributed by atoms with E-state index in [-0.39, 0.29) is 5.69 Å². The van der Waals surface area contributed by atoms with E-state index in [4.69, 9.17) is 11.6 Å². The van der Waals surface area contributed by atoms with Crippen LogP contribution in [0, 0.1) is 13.8 Å². The summed E-state index contributed by atoms with van der Waals surface area (Å²) in [6.07, 6.45) is -4.58. The van der Waals surface area contributed by atoms with Gasteiger partial charge in [-0.15, -0.1) is 0 Å². The van der Waals surface area contributed by atoms with Crippen molar-refractivity contribution in [2.45, 2.75) is 20.0 Å². The molecule has 0 aliphatic carbocycles. The van der Waals surface area contributed by atoms with Crippen molar-refractivity contribution in [3.63, 3.8) is 0 Å². The van der Waals surface area contributed by atoms with Gasteiger partial charge in [0.2, 0.25) is 0 Å². The average Bonchev–Trinajstić information content (AvgIpc) is 2.44. The predicted molar refractivity (Wildman–Crippen MR) is 85.0 cm³/mol. The number of alkyl halides is 3. The average molecular weight is 343 g/mol. The number of benzene rings is 2. The van der Waals surface area contributed by atoms with Crippen molar-refractivity contribution in [3.8, 4) is 0 Å². The lowest BCUT2D eigenvalue weighted by Crippen LogP contribution is -2.20. The highest BCUT2D eigenvalue weighted by atomic mass is 35.5. The number of urea groups is 1. The highest BCUT2D eigenvalue weighted by Crippen LogP contribution is 2.36. The number of carbonyl (C=O) groups excluding carboxylic acids is 1. The topological polar surface area (TPSA) is 41.1 Å². The van der Waals surface area contributed by atoms with Crippen LogP contribution in [0.5, 0.6) is 0 Å². The first kappa shape index (κ1) is 17.1. The molecule has 23 heavy (non-hydrogen) atoms. The molecule has 0 saturated carbocycles. The summed E-state index contributed by atoms with van der Waals surface area (Å²) < 4.78 is 38.3. The molecular weight excluding hydrogens is 329 g/mol. The van der Waals surface area contributed by atoms with E-state index in [2.05, 4.69) is 10.6 Å².